The Labute approximate surface area is 163 Å². The molecule has 1 aromatic carbocycles. The maximum Gasteiger partial charge on any atom is 0.339 e. The molecule has 1 amide bonds. The lowest BCUT2D eigenvalue weighted by molar-refractivity contribution is -0.123. The molecule has 3 rings (SSSR count). The van der Waals surface area contributed by atoms with Gasteiger partial charge in [-0.2, -0.15) is 5.10 Å². The van der Waals surface area contributed by atoms with Gasteiger partial charge in [-0.1, -0.05) is 25.1 Å². The Balaban J connectivity index is 1.75. The van der Waals surface area contributed by atoms with Gasteiger partial charge in [0.2, 0.25) is 0 Å². The smallest absolute Gasteiger partial charge is 0.339 e. The second-order valence-electron chi connectivity index (χ2n) is 6.78. The number of pyridine rings is 1. The third kappa shape index (κ3) is 4.03. The molecule has 146 valence electrons. The normalized spacial score (nSPS) is 13.1. The lowest BCUT2D eigenvalue weighted by atomic mass is 10.1. The van der Waals surface area contributed by atoms with Crippen molar-refractivity contribution in [3.63, 3.8) is 0 Å². The van der Waals surface area contributed by atoms with Gasteiger partial charge in [-0.3, -0.25) is 9.78 Å². The highest BCUT2D eigenvalue weighted by Gasteiger charge is 2.22. The molecular formula is C21H24N4O3. The fourth-order valence-electron chi connectivity index (χ4n) is 2.92. The molecule has 0 aliphatic heterocycles. The number of fused-ring (bicyclic) bond motifs is 1. The third-order valence-corrected chi connectivity index (χ3v) is 4.65. The van der Waals surface area contributed by atoms with Gasteiger partial charge in [-0.15, -0.1) is 0 Å². The van der Waals surface area contributed by atoms with E-state index < -0.39 is 18.0 Å². The summed E-state index contributed by atoms with van der Waals surface area (Å²) in [7, 11) is 0. The molecule has 2 aromatic heterocycles. The number of hydrogen-bond donors (Lipinski definition) is 1. The first kappa shape index (κ1) is 19.5. The Kier molecular flexibility index (Phi) is 5.73. The van der Waals surface area contributed by atoms with E-state index in [1.165, 1.54) is 0 Å². The van der Waals surface area contributed by atoms with Crippen LogP contribution in [-0.2, 0) is 9.53 Å². The second kappa shape index (κ2) is 8.21. The van der Waals surface area contributed by atoms with Crippen molar-refractivity contribution in [1.82, 2.24) is 14.8 Å². The molecule has 1 N–H and O–H groups in total. The highest BCUT2D eigenvalue weighted by molar-refractivity contribution is 6.04. The maximum atomic E-state index is 12.7. The number of aryl methyl sites for hydroxylation is 1. The van der Waals surface area contributed by atoms with E-state index >= 15 is 0 Å². The molecule has 3 aromatic rings. The van der Waals surface area contributed by atoms with Crippen molar-refractivity contribution < 1.29 is 14.3 Å². The van der Waals surface area contributed by atoms with Crippen LogP contribution in [0, 0.1) is 6.92 Å². The molecule has 28 heavy (non-hydrogen) atoms. The number of ether oxygens (including phenoxy) is 1. The Morgan fingerprint density at radius 2 is 1.96 bits per heavy atom. The molecule has 0 unspecified atom stereocenters. The maximum absolute atomic E-state index is 12.7. The van der Waals surface area contributed by atoms with Gasteiger partial charge in [0.05, 0.1) is 23.3 Å². The van der Waals surface area contributed by atoms with Crippen molar-refractivity contribution in [1.29, 1.82) is 0 Å². The summed E-state index contributed by atoms with van der Waals surface area (Å²) in [5.41, 5.74) is 1.82. The Hall–Kier alpha value is -3.22. The number of amides is 1. The van der Waals surface area contributed by atoms with Crippen LogP contribution in [0.15, 0.2) is 42.6 Å². The summed E-state index contributed by atoms with van der Waals surface area (Å²) in [5.74, 6) is -0.388. The van der Waals surface area contributed by atoms with Crippen molar-refractivity contribution in [3.8, 4) is 0 Å². The standard InChI is InChI=1S/C21H24N4O3/c1-5-14(3)25-19(10-11-22-25)24-20(26)15(4)28-21(27)17-12-13(2)23-18-9-7-6-8-16(17)18/h6-12,14-15H,5H2,1-4H3,(H,24,26)/t14-,15+/m1/s1. The molecule has 0 aliphatic rings. The van der Waals surface area contributed by atoms with Crippen molar-refractivity contribution in [2.45, 2.75) is 46.3 Å². The fourth-order valence-corrected chi connectivity index (χ4v) is 2.92. The van der Waals surface area contributed by atoms with E-state index in [2.05, 4.69) is 15.4 Å². The average Bonchev–Trinajstić information content (AvgIpc) is 3.14. The van der Waals surface area contributed by atoms with Crippen LogP contribution in [0.5, 0.6) is 0 Å². The molecule has 2 heterocycles. The number of hydrogen-bond acceptors (Lipinski definition) is 5. The molecule has 2 atom stereocenters. The van der Waals surface area contributed by atoms with E-state index in [-0.39, 0.29) is 6.04 Å². The van der Waals surface area contributed by atoms with Crippen molar-refractivity contribution in [2.75, 3.05) is 5.32 Å². The molecule has 0 fully saturated rings. The zero-order valence-corrected chi connectivity index (χ0v) is 16.5. The largest absolute Gasteiger partial charge is 0.449 e. The van der Waals surface area contributed by atoms with Crippen LogP contribution in [0.4, 0.5) is 5.82 Å². The Morgan fingerprint density at radius 1 is 1.21 bits per heavy atom. The summed E-state index contributed by atoms with van der Waals surface area (Å²) in [5, 5.41) is 7.72. The summed E-state index contributed by atoms with van der Waals surface area (Å²) in [4.78, 5) is 29.7. The van der Waals surface area contributed by atoms with Crippen LogP contribution in [0.2, 0.25) is 0 Å². The molecule has 0 bridgehead atoms. The van der Waals surface area contributed by atoms with Crippen LogP contribution in [0.25, 0.3) is 10.9 Å². The van der Waals surface area contributed by atoms with Gasteiger partial charge in [0.15, 0.2) is 6.10 Å². The number of esters is 1. The first-order chi connectivity index (χ1) is 13.4. The summed E-state index contributed by atoms with van der Waals surface area (Å²) in [6.45, 7) is 7.43. The summed E-state index contributed by atoms with van der Waals surface area (Å²) < 4.78 is 7.17. The molecule has 0 aliphatic carbocycles. The predicted molar refractivity (Wildman–Crippen MR) is 107 cm³/mol. The molecule has 0 spiro atoms. The fraction of sp³-hybridized carbons (Fsp3) is 0.333. The number of aromatic nitrogens is 3. The molecule has 0 radical (unpaired) electrons. The van der Waals surface area contributed by atoms with Crippen LogP contribution in [-0.4, -0.2) is 32.7 Å². The number of nitrogens with one attached hydrogen (secondary N) is 1. The molecule has 7 heteroatoms. The predicted octanol–water partition coefficient (Wildman–Crippen LogP) is 3.89. The monoisotopic (exact) mass is 380 g/mol. The zero-order chi connectivity index (χ0) is 20.3. The minimum Gasteiger partial charge on any atom is -0.449 e. The highest BCUT2D eigenvalue weighted by Crippen LogP contribution is 2.20. The third-order valence-electron chi connectivity index (χ3n) is 4.65. The van der Waals surface area contributed by atoms with Crippen LogP contribution in [0.1, 0.15) is 49.3 Å². The molecule has 0 saturated carbocycles. The van der Waals surface area contributed by atoms with Gasteiger partial charge in [0.25, 0.3) is 5.91 Å². The molecule has 7 nitrogen and oxygen atoms in total. The van der Waals surface area contributed by atoms with E-state index in [1.807, 2.05) is 45.0 Å². The van der Waals surface area contributed by atoms with E-state index in [0.717, 1.165) is 6.42 Å². The first-order valence-corrected chi connectivity index (χ1v) is 9.32. The van der Waals surface area contributed by atoms with Crippen molar-refractivity contribution >= 4 is 28.6 Å². The lowest BCUT2D eigenvalue weighted by Gasteiger charge is -2.17. The van der Waals surface area contributed by atoms with Gasteiger partial charge in [0.1, 0.15) is 5.82 Å². The lowest BCUT2D eigenvalue weighted by Crippen LogP contribution is -2.31. The zero-order valence-electron chi connectivity index (χ0n) is 16.5. The van der Waals surface area contributed by atoms with Crippen LogP contribution < -0.4 is 5.32 Å². The van der Waals surface area contributed by atoms with Gasteiger partial charge < -0.3 is 10.1 Å². The number of carbonyl (C=O) groups excluding carboxylic acids is 2. The summed E-state index contributed by atoms with van der Waals surface area (Å²) in [6, 6.07) is 10.9. The highest BCUT2D eigenvalue weighted by atomic mass is 16.5. The number of nitrogens with zero attached hydrogens (tertiary/aromatic N) is 3. The van der Waals surface area contributed by atoms with Gasteiger partial charge >= 0.3 is 5.97 Å². The van der Waals surface area contributed by atoms with Crippen LogP contribution in [0.3, 0.4) is 0 Å². The topological polar surface area (TPSA) is 86.1 Å². The minimum absolute atomic E-state index is 0.148. The second-order valence-corrected chi connectivity index (χ2v) is 6.78. The number of benzene rings is 1. The molecular weight excluding hydrogens is 356 g/mol. The number of anilines is 1. The van der Waals surface area contributed by atoms with E-state index in [4.69, 9.17) is 4.74 Å². The van der Waals surface area contributed by atoms with E-state index in [1.54, 1.807) is 29.9 Å². The van der Waals surface area contributed by atoms with Gasteiger partial charge in [-0.05, 0) is 39.3 Å². The minimum atomic E-state index is -0.958. The Bertz CT molecular complexity index is 1010. The number of rotatable bonds is 6. The van der Waals surface area contributed by atoms with Gasteiger partial charge in [0, 0.05) is 17.1 Å². The Morgan fingerprint density at radius 3 is 2.71 bits per heavy atom. The van der Waals surface area contributed by atoms with Crippen molar-refractivity contribution in [2.24, 2.45) is 0 Å². The molecule has 0 saturated heterocycles. The number of carbonyl (C=O) groups is 2. The van der Waals surface area contributed by atoms with Crippen molar-refractivity contribution in [3.05, 3.63) is 53.9 Å². The average molecular weight is 380 g/mol. The van der Waals surface area contributed by atoms with Gasteiger partial charge in [-0.25, -0.2) is 9.48 Å². The van der Waals surface area contributed by atoms with E-state index in [9.17, 15) is 9.59 Å². The summed E-state index contributed by atoms with van der Waals surface area (Å²) >= 11 is 0. The van der Waals surface area contributed by atoms with Crippen LogP contribution >= 0.6 is 0 Å². The van der Waals surface area contributed by atoms with E-state index in [0.29, 0.717) is 28.0 Å². The summed E-state index contributed by atoms with van der Waals surface area (Å²) in [6.07, 6.45) is 1.55. The quantitative estimate of drug-likeness (QED) is 0.656. The SMILES string of the molecule is CC[C@@H](C)n1nccc1NC(=O)[C@H](C)OC(=O)c1cc(C)nc2ccccc12. The number of para-hydroxylation sites is 1. The first-order valence-electron chi connectivity index (χ1n) is 9.32.